The fourth-order valence-corrected chi connectivity index (χ4v) is 1.78. The van der Waals surface area contributed by atoms with Gasteiger partial charge in [0.05, 0.1) is 0 Å². The molecule has 0 aromatic heterocycles. The normalized spacial score (nSPS) is 18.7. The topological polar surface area (TPSA) is 9.23 Å². The fraction of sp³-hybridized carbons (Fsp3) is 0.625. The highest BCUT2D eigenvalue weighted by molar-refractivity contribution is 7.80. The van der Waals surface area contributed by atoms with Crippen LogP contribution in [0.5, 0.6) is 0 Å². The molecule has 0 heterocycles. The van der Waals surface area contributed by atoms with E-state index >= 15 is 0 Å². The van der Waals surface area contributed by atoms with Crippen LogP contribution in [0.15, 0.2) is 11.6 Å². The maximum Gasteiger partial charge on any atom is 0.205 e. The van der Waals surface area contributed by atoms with E-state index in [4.69, 9.17) is 16.6 Å². The standard InChI is InChI=1S/C8H14OSSi/c10-8(9-11)7-5-3-1-2-4-6-7/h5H,1-4,6H2,11H3. The molecule has 0 aromatic carbocycles. The predicted molar refractivity (Wildman–Crippen MR) is 54.8 cm³/mol. The van der Waals surface area contributed by atoms with Gasteiger partial charge in [0.1, 0.15) is 0 Å². The van der Waals surface area contributed by atoms with Crippen LogP contribution >= 0.6 is 12.2 Å². The highest BCUT2D eigenvalue weighted by atomic mass is 32.1. The van der Waals surface area contributed by atoms with Gasteiger partial charge < -0.3 is 4.43 Å². The minimum absolute atomic E-state index is 0.723. The van der Waals surface area contributed by atoms with E-state index in [-0.39, 0.29) is 0 Å². The first-order chi connectivity index (χ1) is 5.34. The minimum Gasteiger partial charge on any atom is -0.546 e. The van der Waals surface area contributed by atoms with Crippen molar-refractivity contribution >= 4 is 27.8 Å². The Morgan fingerprint density at radius 3 is 3.00 bits per heavy atom. The van der Waals surface area contributed by atoms with Crippen LogP contribution in [-0.4, -0.2) is 15.5 Å². The van der Waals surface area contributed by atoms with Gasteiger partial charge in [0.2, 0.25) is 10.5 Å². The minimum atomic E-state index is 0.723. The molecule has 0 aromatic rings. The smallest absolute Gasteiger partial charge is 0.205 e. The molecule has 0 N–H and O–H groups in total. The Kier molecular flexibility index (Phi) is 3.79. The predicted octanol–water partition coefficient (Wildman–Crippen LogP) is 1.50. The van der Waals surface area contributed by atoms with Crippen molar-refractivity contribution in [2.75, 3.05) is 0 Å². The zero-order chi connectivity index (χ0) is 8.10. The van der Waals surface area contributed by atoms with Crippen molar-refractivity contribution in [3.63, 3.8) is 0 Å². The molecule has 0 saturated carbocycles. The summed E-state index contributed by atoms with van der Waals surface area (Å²) < 4.78 is 5.15. The Bertz CT molecular complexity index is 177. The molecule has 0 unspecified atom stereocenters. The van der Waals surface area contributed by atoms with E-state index in [1.165, 1.54) is 31.3 Å². The summed E-state index contributed by atoms with van der Waals surface area (Å²) in [5.74, 6) is 0. The number of hydrogen-bond acceptors (Lipinski definition) is 2. The van der Waals surface area contributed by atoms with Gasteiger partial charge in [-0.15, -0.1) is 0 Å². The molecular formula is C8H14OSSi. The van der Waals surface area contributed by atoms with E-state index < -0.39 is 0 Å². The molecule has 1 aliphatic carbocycles. The van der Waals surface area contributed by atoms with E-state index in [1.54, 1.807) is 0 Å². The van der Waals surface area contributed by atoms with Gasteiger partial charge in [-0.05, 0) is 37.9 Å². The first-order valence-electron chi connectivity index (χ1n) is 4.12. The Morgan fingerprint density at radius 2 is 2.27 bits per heavy atom. The largest absolute Gasteiger partial charge is 0.546 e. The first-order valence-corrected chi connectivity index (χ1v) is 5.34. The lowest BCUT2D eigenvalue weighted by molar-refractivity contribution is 0.622. The molecule has 3 heteroatoms. The SMILES string of the molecule is [SiH3]OC(=S)C1=CCCCCC1. The number of hydrogen-bond donors (Lipinski definition) is 0. The van der Waals surface area contributed by atoms with E-state index in [0.29, 0.717) is 0 Å². The zero-order valence-corrected chi connectivity index (χ0v) is 9.75. The summed E-state index contributed by atoms with van der Waals surface area (Å²) in [7, 11) is 0.723. The summed E-state index contributed by atoms with van der Waals surface area (Å²) >= 11 is 5.08. The van der Waals surface area contributed by atoms with Gasteiger partial charge in [0.15, 0.2) is 5.05 Å². The summed E-state index contributed by atoms with van der Waals surface area (Å²) in [6.45, 7) is 0. The lowest BCUT2D eigenvalue weighted by atomic mass is 10.1. The average molecular weight is 186 g/mol. The van der Waals surface area contributed by atoms with Crippen molar-refractivity contribution in [1.29, 1.82) is 0 Å². The van der Waals surface area contributed by atoms with E-state index in [9.17, 15) is 0 Å². The van der Waals surface area contributed by atoms with Crippen LogP contribution in [-0.2, 0) is 4.43 Å². The van der Waals surface area contributed by atoms with Gasteiger partial charge in [-0.1, -0.05) is 12.5 Å². The summed E-state index contributed by atoms with van der Waals surface area (Å²) in [5.41, 5.74) is 1.27. The second-order valence-corrected chi connectivity index (χ2v) is 3.60. The molecule has 0 atom stereocenters. The summed E-state index contributed by atoms with van der Waals surface area (Å²) in [6, 6.07) is 0. The molecule has 0 radical (unpaired) electrons. The molecule has 0 bridgehead atoms. The molecular weight excluding hydrogens is 172 g/mol. The molecule has 0 spiro atoms. The number of rotatable bonds is 1. The van der Waals surface area contributed by atoms with Crippen molar-refractivity contribution in [1.82, 2.24) is 0 Å². The Balaban J connectivity index is 2.53. The molecule has 1 nitrogen and oxygen atoms in total. The third-order valence-corrected chi connectivity index (χ3v) is 3.12. The molecule has 11 heavy (non-hydrogen) atoms. The lowest BCUT2D eigenvalue weighted by Crippen LogP contribution is -2.02. The van der Waals surface area contributed by atoms with Gasteiger partial charge in [0, 0.05) is 5.57 Å². The third-order valence-electron chi connectivity index (χ3n) is 1.99. The average Bonchev–Trinajstić information content (AvgIpc) is 2.30. The molecule has 62 valence electrons. The van der Waals surface area contributed by atoms with E-state index in [0.717, 1.165) is 22.0 Å². The Hall–Kier alpha value is -0.153. The van der Waals surface area contributed by atoms with Gasteiger partial charge in [-0.2, -0.15) is 0 Å². The van der Waals surface area contributed by atoms with Crippen molar-refractivity contribution in [2.24, 2.45) is 0 Å². The number of allylic oxidation sites excluding steroid dienone is 1. The monoisotopic (exact) mass is 186 g/mol. The van der Waals surface area contributed by atoms with Crippen LogP contribution in [0.2, 0.25) is 0 Å². The van der Waals surface area contributed by atoms with Gasteiger partial charge in [-0.25, -0.2) is 0 Å². The lowest BCUT2D eigenvalue weighted by Gasteiger charge is -2.05. The highest BCUT2D eigenvalue weighted by Crippen LogP contribution is 2.18. The van der Waals surface area contributed by atoms with Gasteiger partial charge in [0.25, 0.3) is 0 Å². The molecule has 0 saturated heterocycles. The summed E-state index contributed by atoms with van der Waals surface area (Å²) in [4.78, 5) is 0. The van der Waals surface area contributed by atoms with Gasteiger partial charge >= 0.3 is 0 Å². The van der Waals surface area contributed by atoms with Crippen molar-refractivity contribution in [3.8, 4) is 0 Å². The number of thiocarbonyl (C=S) groups is 1. The molecule has 0 amide bonds. The summed E-state index contributed by atoms with van der Waals surface area (Å²) in [6.07, 6.45) is 8.47. The van der Waals surface area contributed by atoms with E-state index in [1.807, 2.05) is 0 Å². The van der Waals surface area contributed by atoms with Crippen molar-refractivity contribution in [3.05, 3.63) is 11.6 Å². The maximum absolute atomic E-state index is 5.15. The fourth-order valence-electron chi connectivity index (χ4n) is 1.33. The van der Waals surface area contributed by atoms with Gasteiger partial charge in [-0.3, -0.25) is 0 Å². The van der Waals surface area contributed by atoms with Crippen LogP contribution in [0.3, 0.4) is 0 Å². The highest BCUT2D eigenvalue weighted by Gasteiger charge is 2.06. The molecule has 0 aliphatic heterocycles. The molecule has 1 rings (SSSR count). The third kappa shape index (κ3) is 2.75. The summed E-state index contributed by atoms with van der Waals surface area (Å²) in [5, 5.41) is 0.749. The van der Waals surface area contributed by atoms with Crippen LogP contribution in [0.25, 0.3) is 0 Å². The van der Waals surface area contributed by atoms with Crippen molar-refractivity contribution in [2.45, 2.75) is 32.1 Å². The second-order valence-electron chi connectivity index (χ2n) is 2.82. The van der Waals surface area contributed by atoms with Crippen LogP contribution in [0.1, 0.15) is 32.1 Å². The Morgan fingerprint density at radius 1 is 1.45 bits per heavy atom. The zero-order valence-electron chi connectivity index (χ0n) is 6.93. The Labute approximate surface area is 76.4 Å². The molecule has 0 fully saturated rings. The first kappa shape index (κ1) is 8.94. The van der Waals surface area contributed by atoms with E-state index in [2.05, 4.69) is 6.08 Å². The molecule has 1 aliphatic rings. The van der Waals surface area contributed by atoms with Crippen molar-refractivity contribution < 1.29 is 4.43 Å². The van der Waals surface area contributed by atoms with Crippen LogP contribution < -0.4 is 0 Å². The maximum atomic E-state index is 5.15. The quantitative estimate of drug-likeness (QED) is 0.453. The second kappa shape index (κ2) is 4.67. The van der Waals surface area contributed by atoms with Crippen LogP contribution in [0, 0.1) is 0 Å². The van der Waals surface area contributed by atoms with Crippen LogP contribution in [0.4, 0.5) is 0 Å².